The Balaban J connectivity index is 1.24. The van der Waals surface area contributed by atoms with E-state index in [1.54, 1.807) is 12.5 Å². The molecular weight excluding hydrogens is 462 g/mol. The maximum absolute atomic E-state index is 12.9. The zero-order chi connectivity index (χ0) is 25.4. The first-order valence-electron chi connectivity index (χ1n) is 13.4. The Morgan fingerprint density at radius 3 is 2.49 bits per heavy atom. The summed E-state index contributed by atoms with van der Waals surface area (Å²) in [6.45, 7) is 4.12. The molecule has 192 valence electrons. The Labute approximate surface area is 218 Å². The van der Waals surface area contributed by atoms with Crippen LogP contribution in [0.15, 0.2) is 42.9 Å². The number of rotatable bonds is 5. The Hall–Kier alpha value is -3.36. The van der Waals surface area contributed by atoms with Gasteiger partial charge in [0.1, 0.15) is 12.1 Å². The van der Waals surface area contributed by atoms with Crippen molar-refractivity contribution in [3.8, 4) is 0 Å². The summed E-state index contributed by atoms with van der Waals surface area (Å²) in [5.74, 6) is 1.07. The topological polar surface area (TPSA) is 86.3 Å². The fourth-order valence-corrected chi connectivity index (χ4v) is 5.74. The normalized spacial score (nSPS) is 19.6. The van der Waals surface area contributed by atoms with Crippen LogP contribution in [0.3, 0.4) is 0 Å². The van der Waals surface area contributed by atoms with E-state index in [2.05, 4.69) is 74.8 Å². The quantitative estimate of drug-likeness (QED) is 0.555. The summed E-state index contributed by atoms with van der Waals surface area (Å²) in [5.41, 5.74) is 6.10. The molecular formula is C29H35N7O. The molecule has 0 bridgehead atoms. The van der Waals surface area contributed by atoms with E-state index < -0.39 is 0 Å². The number of allylic oxidation sites excluding steroid dienone is 1. The van der Waals surface area contributed by atoms with Crippen molar-refractivity contribution in [2.45, 2.75) is 38.1 Å². The van der Waals surface area contributed by atoms with Crippen molar-refractivity contribution in [3.05, 3.63) is 59.7 Å². The second-order valence-corrected chi connectivity index (χ2v) is 10.8. The van der Waals surface area contributed by atoms with Gasteiger partial charge in [0.2, 0.25) is 5.91 Å². The highest BCUT2D eigenvalue weighted by Crippen LogP contribution is 2.35. The lowest BCUT2D eigenvalue weighted by Crippen LogP contribution is -2.36. The molecule has 3 aromatic rings. The number of likely N-dealkylation sites (tertiary alicyclic amines) is 2. The highest BCUT2D eigenvalue weighted by atomic mass is 16.1. The number of hydrogen-bond donors (Lipinski definition) is 2. The van der Waals surface area contributed by atoms with E-state index in [0.717, 1.165) is 103 Å². The third kappa shape index (κ3) is 5.08. The molecule has 0 saturated carbocycles. The largest absolute Gasteiger partial charge is 0.367 e. The lowest BCUT2D eigenvalue weighted by Gasteiger charge is -2.30. The van der Waals surface area contributed by atoms with Gasteiger partial charge in [-0.25, -0.2) is 9.97 Å². The van der Waals surface area contributed by atoms with Crippen molar-refractivity contribution in [2.24, 2.45) is 5.92 Å². The molecule has 1 aliphatic carbocycles. The van der Waals surface area contributed by atoms with Crippen molar-refractivity contribution >= 4 is 33.9 Å². The first-order valence-corrected chi connectivity index (χ1v) is 13.4. The van der Waals surface area contributed by atoms with E-state index in [0.29, 0.717) is 6.04 Å². The lowest BCUT2D eigenvalue weighted by molar-refractivity contribution is -0.121. The number of pyridine rings is 1. The summed E-state index contributed by atoms with van der Waals surface area (Å²) in [4.78, 5) is 31.4. The number of aromatic nitrogens is 3. The summed E-state index contributed by atoms with van der Waals surface area (Å²) in [7, 11) is 4.29. The molecule has 1 amide bonds. The number of carbonyl (C=O) groups is 1. The van der Waals surface area contributed by atoms with Crippen molar-refractivity contribution < 1.29 is 4.79 Å². The van der Waals surface area contributed by atoms with E-state index in [9.17, 15) is 4.79 Å². The number of anilines is 2. The number of benzene rings is 1. The van der Waals surface area contributed by atoms with Crippen LogP contribution in [0.2, 0.25) is 0 Å². The first kappa shape index (κ1) is 24.0. The molecule has 8 nitrogen and oxygen atoms in total. The molecule has 8 heteroatoms. The average molecular weight is 498 g/mol. The monoisotopic (exact) mass is 497 g/mol. The minimum atomic E-state index is 0.0652. The van der Waals surface area contributed by atoms with E-state index in [1.807, 2.05) is 0 Å². The van der Waals surface area contributed by atoms with E-state index in [-0.39, 0.29) is 11.8 Å². The molecule has 0 atom stereocenters. The summed E-state index contributed by atoms with van der Waals surface area (Å²) in [5, 5.41) is 7.86. The SMILES string of the molecule is CN1CCC(Nc2ncnc3ccc(C4=CCc5ncc(NC(=O)C6CCN(C)CC6)cc54)cc23)CC1. The minimum absolute atomic E-state index is 0.0652. The maximum Gasteiger partial charge on any atom is 0.227 e. The van der Waals surface area contributed by atoms with Crippen LogP contribution < -0.4 is 10.6 Å². The van der Waals surface area contributed by atoms with Crippen molar-refractivity contribution in [2.75, 3.05) is 50.9 Å². The van der Waals surface area contributed by atoms with Crippen LogP contribution >= 0.6 is 0 Å². The van der Waals surface area contributed by atoms with E-state index in [1.165, 1.54) is 0 Å². The molecule has 0 spiro atoms. The summed E-state index contributed by atoms with van der Waals surface area (Å²) < 4.78 is 0. The number of nitrogens with zero attached hydrogens (tertiary/aromatic N) is 5. The van der Waals surface area contributed by atoms with Crippen LogP contribution in [0.4, 0.5) is 11.5 Å². The van der Waals surface area contributed by atoms with E-state index in [4.69, 9.17) is 4.98 Å². The highest BCUT2D eigenvalue weighted by molar-refractivity contribution is 5.96. The van der Waals surface area contributed by atoms with Gasteiger partial charge in [0.05, 0.1) is 23.1 Å². The maximum atomic E-state index is 12.9. The predicted octanol–water partition coefficient (Wildman–Crippen LogP) is 3.80. The van der Waals surface area contributed by atoms with Gasteiger partial charge in [-0.3, -0.25) is 9.78 Å². The van der Waals surface area contributed by atoms with Crippen LogP contribution in [0.5, 0.6) is 0 Å². The van der Waals surface area contributed by atoms with Crippen molar-refractivity contribution in [1.82, 2.24) is 24.8 Å². The Morgan fingerprint density at radius 2 is 1.70 bits per heavy atom. The summed E-state index contributed by atoms with van der Waals surface area (Å²) >= 11 is 0. The number of amides is 1. The van der Waals surface area contributed by atoms with Gasteiger partial charge in [-0.05, 0) is 95.3 Å². The number of piperidine rings is 2. The molecule has 2 fully saturated rings. The molecule has 4 heterocycles. The summed E-state index contributed by atoms with van der Waals surface area (Å²) in [6.07, 6.45) is 10.5. The van der Waals surface area contributed by atoms with E-state index >= 15 is 0 Å². The minimum Gasteiger partial charge on any atom is -0.367 e. The standard InChI is InChI=1S/C29H35N7O/c1-35-11-7-19(8-12-35)29(37)34-22-16-24-23(4-6-26(24)30-17-22)20-3-5-27-25(15-20)28(32-18-31-27)33-21-9-13-36(2)14-10-21/h3-5,15-19,21H,6-14H2,1-2H3,(H,34,37)(H,31,32,33). The van der Waals surface area contributed by atoms with Gasteiger partial charge in [-0.2, -0.15) is 0 Å². The lowest BCUT2D eigenvalue weighted by atomic mass is 9.96. The van der Waals surface area contributed by atoms with Gasteiger partial charge < -0.3 is 20.4 Å². The molecule has 37 heavy (non-hydrogen) atoms. The molecule has 1 aromatic carbocycles. The highest BCUT2D eigenvalue weighted by Gasteiger charge is 2.25. The summed E-state index contributed by atoms with van der Waals surface area (Å²) in [6, 6.07) is 8.89. The van der Waals surface area contributed by atoms with Gasteiger partial charge in [-0.1, -0.05) is 12.1 Å². The first-order chi connectivity index (χ1) is 18.0. The molecule has 0 radical (unpaired) electrons. The molecule has 2 aromatic heterocycles. The van der Waals surface area contributed by atoms with Gasteiger partial charge in [-0.15, -0.1) is 0 Å². The number of nitrogens with one attached hydrogen (secondary N) is 2. The van der Waals surface area contributed by atoms with Crippen molar-refractivity contribution in [1.29, 1.82) is 0 Å². The van der Waals surface area contributed by atoms with Gasteiger partial charge in [0.25, 0.3) is 0 Å². The second-order valence-electron chi connectivity index (χ2n) is 10.8. The zero-order valence-electron chi connectivity index (χ0n) is 21.7. The molecule has 2 saturated heterocycles. The van der Waals surface area contributed by atoms with Crippen LogP contribution in [0.25, 0.3) is 16.5 Å². The second kappa shape index (κ2) is 10.2. The molecule has 3 aliphatic rings. The number of hydrogen-bond acceptors (Lipinski definition) is 7. The molecule has 6 rings (SSSR count). The Bertz CT molecular complexity index is 1340. The molecule has 0 unspecified atom stereocenters. The zero-order valence-corrected chi connectivity index (χ0v) is 21.7. The average Bonchev–Trinajstić information content (AvgIpc) is 3.33. The predicted molar refractivity (Wildman–Crippen MR) is 148 cm³/mol. The molecule has 2 N–H and O–H groups in total. The smallest absolute Gasteiger partial charge is 0.227 e. The van der Waals surface area contributed by atoms with Crippen LogP contribution in [0.1, 0.15) is 42.5 Å². The van der Waals surface area contributed by atoms with Crippen molar-refractivity contribution in [3.63, 3.8) is 0 Å². The van der Waals surface area contributed by atoms with Gasteiger partial charge >= 0.3 is 0 Å². The Morgan fingerprint density at radius 1 is 0.946 bits per heavy atom. The fourth-order valence-electron chi connectivity index (χ4n) is 5.74. The third-order valence-corrected chi connectivity index (χ3v) is 8.12. The van der Waals surface area contributed by atoms with Gasteiger partial charge in [0, 0.05) is 29.3 Å². The number of carbonyl (C=O) groups excluding carboxylic acids is 1. The Kier molecular flexibility index (Phi) is 6.61. The number of fused-ring (bicyclic) bond motifs is 2. The third-order valence-electron chi connectivity index (χ3n) is 8.12. The van der Waals surface area contributed by atoms with Crippen LogP contribution in [-0.2, 0) is 11.2 Å². The molecule has 2 aliphatic heterocycles. The van der Waals surface area contributed by atoms with Gasteiger partial charge in [0.15, 0.2) is 0 Å². The van der Waals surface area contributed by atoms with Crippen LogP contribution in [-0.4, -0.2) is 77.0 Å². The fraction of sp³-hybridized carbons (Fsp3) is 0.448. The van der Waals surface area contributed by atoms with Crippen LogP contribution in [0, 0.1) is 5.92 Å².